The lowest BCUT2D eigenvalue weighted by molar-refractivity contribution is 0.556. The fraction of sp³-hybridized carbons (Fsp3) is 0.571. The molecule has 0 spiro atoms. The third-order valence-corrected chi connectivity index (χ3v) is 4.63. The maximum absolute atomic E-state index is 3.66. The van der Waals surface area contributed by atoms with E-state index in [1.807, 2.05) is 0 Å². The van der Waals surface area contributed by atoms with Gasteiger partial charge in [0.25, 0.3) is 0 Å². The normalized spacial score (nSPS) is 20.3. The van der Waals surface area contributed by atoms with E-state index in [0.717, 1.165) is 12.6 Å². The second kappa shape index (κ2) is 5.24. The number of rotatable bonds is 3. The molecule has 1 unspecified atom stereocenters. The molecule has 0 bridgehead atoms. The highest BCUT2D eigenvalue weighted by atomic mass is 32.2. The van der Waals surface area contributed by atoms with Gasteiger partial charge >= 0.3 is 0 Å². The fourth-order valence-electron chi connectivity index (χ4n) is 2.16. The van der Waals surface area contributed by atoms with Crippen LogP contribution in [0.15, 0.2) is 12.1 Å². The van der Waals surface area contributed by atoms with E-state index < -0.39 is 0 Å². The van der Waals surface area contributed by atoms with Crippen molar-refractivity contribution in [1.29, 1.82) is 0 Å². The lowest BCUT2D eigenvalue weighted by Crippen LogP contribution is -2.28. The number of thioether (sulfide) groups is 1. The van der Waals surface area contributed by atoms with E-state index in [1.165, 1.54) is 40.2 Å². The molecule has 1 heterocycles. The molecular weight excluding hydrogens is 214 g/mol. The average Bonchev–Trinajstić information content (AvgIpc) is 2.74. The van der Waals surface area contributed by atoms with Gasteiger partial charge in [0.2, 0.25) is 0 Å². The summed E-state index contributed by atoms with van der Waals surface area (Å²) < 4.78 is 0. The summed E-state index contributed by atoms with van der Waals surface area (Å²) in [6.45, 7) is 7.63. The summed E-state index contributed by atoms with van der Waals surface area (Å²) in [5.41, 5.74) is 5.68. The van der Waals surface area contributed by atoms with Crippen molar-refractivity contribution >= 4 is 11.8 Å². The maximum atomic E-state index is 3.66. The van der Waals surface area contributed by atoms with Crippen molar-refractivity contribution in [3.05, 3.63) is 34.4 Å². The molecule has 2 heteroatoms. The smallest absolute Gasteiger partial charge is 0.0211 e. The molecule has 0 saturated carbocycles. The summed E-state index contributed by atoms with van der Waals surface area (Å²) in [4.78, 5) is 0. The average molecular weight is 235 g/mol. The Labute approximate surface area is 103 Å². The van der Waals surface area contributed by atoms with E-state index in [2.05, 4.69) is 50.0 Å². The molecule has 1 atom stereocenters. The molecule has 0 aromatic heterocycles. The van der Waals surface area contributed by atoms with Crippen molar-refractivity contribution in [3.63, 3.8) is 0 Å². The van der Waals surface area contributed by atoms with Gasteiger partial charge in [-0.3, -0.25) is 0 Å². The van der Waals surface area contributed by atoms with Crippen LogP contribution in [0, 0.1) is 20.8 Å². The minimum atomic E-state index is 0.728. The molecule has 1 aliphatic rings. The number of hydrogen-bond donors (Lipinski definition) is 1. The summed E-state index contributed by atoms with van der Waals surface area (Å²) in [5.74, 6) is 2.60. The zero-order valence-corrected chi connectivity index (χ0v) is 11.3. The molecule has 1 aliphatic heterocycles. The topological polar surface area (TPSA) is 12.0 Å². The lowest BCUT2D eigenvalue weighted by Gasteiger charge is -2.14. The molecular formula is C14H21NS. The Morgan fingerprint density at radius 1 is 1.19 bits per heavy atom. The molecule has 1 nitrogen and oxygen atoms in total. The number of nitrogens with one attached hydrogen (secondary N) is 1. The van der Waals surface area contributed by atoms with Crippen LogP contribution in [0.3, 0.4) is 0 Å². The van der Waals surface area contributed by atoms with Crippen LogP contribution in [0.1, 0.15) is 28.7 Å². The Kier molecular flexibility index (Phi) is 3.93. The lowest BCUT2D eigenvalue weighted by atomic mass is 10.0. The van der Waals surface area contributed by atoms with Crippen LogP contribution in [-0.4, -0.2) is 17.5 Å². The van der Waals surface area contributed by atoms with E-state index in [-0.39, 0.29) is 0 Å². The van der Waals surface area contributed by atoms with E-state index >= 15 is 0 Å². The van der Waals surface area contributed by atoms with Gasteiger partial charge in [-0.2, -0.15) is 11.8 Å². The second-order valence-corrected chi connectivity index (χ2v) is 5.95. The molecule has 0 amide bonds. The van der Waals surface area contributed by atoms with Gasteiger partial charge < -0.3 is 5.32 Å². The van der Waals surface area contributed by atoms with E-state index in [9.17, 15) is 0 Å². The molecule has 1 N–H and O–H groups in total. The third-order valence-electron chi connectivity index (χ3n) is 3.46. The largest absolute Gasteiger partial charge is 0.309 e. The summed E-state index contributed by atoms with van der Waals surface area (Å²) in [5, 5.41) is 3.66. The second-order valence-electron chi connectivity index (χ2n) is 4.80. The van der Waals surface area contributed by atoms with Gasteiger partial charge in [-0.05, 0) is 55.2 Å². The van der Waals surface area contributed by atoms with Gasteiger partial charge in [0.1, 0.15) is 0 Å². The first-order valence-electron chi connectivity index (χ1n) is 6.04. The zero-order valence-electron chi connectivity index (χ0n) is 10.5. The summed E-state index contributed by atoms with van der Waals surface area (Å²) in [7, 11) is 0. The van der Waals surface area contributed by atoms with Crippen molar-refractivity contribution in [2.24, 2.45) is 0 Å². The molecule has 0 radical (unpaired) electrons. The minimum Gasteiger partial charge on any atom is -0.309 e. The van der Waals surface area contributed by atoms with Gasteiger partial charge in [-0.15, -0.1) is 0 Å². The van der Waals surface area contributed by atoms with Crippen LogP contribution in [0.5, 0.6) is 0 Å². The Morgan fingerprint density at radius 2 is 1.94 bits per heavy atom. The first kappa shape index (κ1) is 12.0. The Morgan fingerprint density at radius 3 is 2.62 bits per heavy atom. The van der Waals surface area contributed by atoms with Crippen molar-refractivity contribution < 1.29 is 0 Å². The third kappa shape index (κ3) is 2.80. The first-order valence-corrected chi connectivity index (χ1v) is 7.20. The van der Waals surface area contributed by atoms with Crippen LogP contribution in [0.25, 0.3) is 0 Å². The summed E-state index contributed by atoms with van der Waals surface area (Å²) >= 11 is 2.06. The molecule has 0 aliphatic carbocycles. The van der Waals surface area contributed by atoms with Gasteiger partial charge in [0.15, 0.2) is 0 Å². The number of benzene rings is 1. The van der Waals surface area contributed by atoms with Gasteiger partial charge in [0.05, 0.1) is 0 Å². The van der Waals surface area contributed by atoms with Gasteiger partial charge in [-0.1, -0.05) is 12.1 Å². The van der Waals surface area contributed by atoms with Crippen LogP contribution in [0.2, 0.25) is 0 Å². The number of aryl methyl sites for hydroxylation is 3. The molecule has 2 rings (SSSR count). The molecule has 88 valence electrons. The Balaban J connectivity index is 2.00. The standard InChI is InChI=1S/C14H21NS/c1-10-6-12(3)13(7-11(10)2)8-15-14-4-5-16-9-14/h6-7,14-15H,4-5,8-9H2,1-3H3. The van der Waals surface area contributed by atoms with Crippen molar-refractivity contribution in [2.75, 3.05) is 11.5 Å². The van der Waals surface area contributed by atoms with Crippen LogP contribution in [0.4, 0.5) is 0 Å². The van der Waals surface area contributed by atoms with E-state index in [0.29, 0.717) is 0 Å². The highest BCUT2D eigenvalue weighted by Crippen LogP contribution is 2.19. The fourth-order valence-corrected chi connectivity index (χ4v) is 3.35. The first-order chi connectivity index (χ1) is 7.66. The summed E-state index contributed by atoms with van der Waals surface area (Å²) in [6, 6.07) is 5.36. The molecule has 16 heavy (non-hydrogen) atoms. The number of hydrogen-bond acceptors (Lipinski definition) is 2. The van der Waals surface area contributed by atoms with Crippen LogP contribution in [-0.2, 0) is 6.54 Å². The van der Waals surface area contributed by atoms with Gasteiger partial charge in [0, 0.05) is 18.3 Å². The van der Waals surface area contributed by atoms with Crippen molar-refractivity contribution in [1.82, 2.24) is 5.32 Å². The predicted molar refractivity (Wildman–Crippen MR) is 73.2 cm³/mol. The van der Waals surface area contributed by atoms with Crippen molar-refractivity contribution in [2.45, 2.75) is 39.8 Å². The molecule has 1 aromatic carbocycles. The predicted octanol–water partition coefficient (Wildman–Crippen LogP) is 3.21. The van der Waals surface area contributed by atoms with E-state index in [4.69, 9.17) is 0 Å². The highest BCUT2D eigenvalue weighted by Gasteiger charge is 2.14. The molecule has 1 saturated heterocycles. The van der Waals surface area contributed by atoms with Gasteiger partial charge in [-0.25, -0.2) is 0 Å². The molecule has 1 aromatic rings. The Bertz CT molecular complexity index is 367. The van der Waals surface area contributed by atoms with Crippen LogP contribution >= 0.6 is 11.8 Å². The quantitative estimate of drug-likeness (QED) is 0.863. The van der Waals surface area contributed by atoms with E-state index in [1.54, 1.807) is 0 Å². The monoisotopic (exact) mass is 235 g/mol. The minimum absolute atomic E-state index is 0.728. The Hall–Kier alpha value is -0.470. The zero-order chi connectivity index (χ0) is 11.5. The summed E-state index contributed by atoms with van der Waals surface area (Å²) in [6.07, 6.45) is 1.33. The maximum Gasteiger partial charge on any atom is 0.0211 e. The highest BCUT2D eigenvalue weighted by molar-refractivity contribution is 7.99. The molecule has 1 fully saturated rings. The van der Waals surface area contributed by atoms with Crippen molar-refractivity contribution in [3.8, 4) is 0 Å². The van der Waals surface area contributed by atoms with Crippen LogP contribution < -0.4 is 5.32 Å². The SMILES string of the molecule is Cc1cc(C)c(CNC2CCSC2)cc1C.